The fourth-order valence-electron chi connectivity index (χ4n) is 5.36. The van der Waals surface area contributed by atoms with E-state index in [9.17, 15) is 14.4 Å². The van der Waals surface area contributed by atoms with Crippen LogP contribution in [0.1, 0.15) is 52.0 Å². The molecule has 36 heavy (non-hydrogen) atoms. The molecule has 0 aromatic heterocycles. The molecule has 0 radical (unpaired) electrons. The maximum Gasteiger partial charge on any atom is 0.254 e. The van der Waals surface area contributed by atoms with E-state index in [0.29, 0.717) is 63.3 Å². The van der Waals surface area contributed by atoms with Gasteiger partial charge < -0.3 is 25.2 Å². The highest BCUT2D eigenvalue weighted by molar-refractivity contribution is 5.95. The SMILES string of the molecule is O=C1NCCCCN(C(=O)c2ccc3c(c2)CCO3)CCCN(C(=O)c2ccccc2)[C@@H]2CN[C@H]1C2. The summed E-state index contributed by atoms with van der Waals surface area (Å²) >= 11 is 0. The van der Waals surface area contributed by atoms with Crippen molar-refractivity contribution in [1.29, 1.82) is 0 Å². The van der Waals surface area contributed by atoms with Gasteiger partial charge >= 0.3 is 0 Å². The first-order valence-electron chi connectivity index (χ1n) is 13.0. The third-order valence-electron chi connectivity index (χ3n) is 7.35. The van der Waals surface area contributed by atoms with Crippen LogP contribution in [0.5, 0.6) is 5.75 Å². The van der Waals surface area contributed by atoms with Gasteiger partial charge in [0.15, 0.2) is 0 Å². The van der Waals surface area contributed by atoms with E-state index >= 15 is 0 Å². The van der Waals surface area contributed by atoms with Gasteiger partial charge in [-0.15, -0.1) is 0 Å². The molecule has 190 valence electrons. The highest BCUT2D eigenvalue weighted by Crippen LogP contribution is 2.26. The van der Waals surface area contributed by atoms with E-state index in [1.54, 1.807) is 0 Å². The number of nitrogens with one attached hydrogen (secondary N) is 2. The van der Waals surface area contributed by atoms with Gasteiger partial charge in [-0.1, -0.05) is 18.2 Å². The summed E-state index contributed by atoms with van der Waals surface area (Å²) in [4.78, 5) is 43.4. The molecule has 5 rings (SSSR count). The molecule has 2 atom stereocenters. The van der Waals surface area contributed by atoms with E-state index in [2.05, 4.69) is 10.6 Å². The fourth-order valence-corrected chi connectivity index (χ4v) is 5.36. The van der Waals surface area contributed by atoms with E-state index in [-0.39, 0.29) is 29.8 Å². The Morgan fingerprint density at radius 2 is 1.75 bits per heavy atom. The topological polar surface area (TPSA) is 91.0 Å². The second kappa shape index (κ2) is 11.1. The monoisotopic (exact) mass is 490 g/mol. The first kappa shape index (κ1) is 24.3. The van der Waals surface area contributed by atoms with Crippen molar-refractivity contribution in [2.45, 2.75) is 44.2 Å². The quantitative estimate of drug-likeness (QED) is 0.674. The largest absolute Gasteiger partial charge is 0.493 e. The molecule has 2 aromatic carbocycles. The average molecular weight is 491 g/mol. The molecule has 2 fully saturated rings. The van der Waals surface area contributed by atoms with Crippen LogP contribution in [0.4, 0.5) is 0 Å². The molecule has 0 aliphatic carbocycles. The van der Waals surface area contributed by atoms with Gasteiger partial charge in [-0.25, -0.2) is 0 Å². The Hall–Kier alpha value is -3.39. The zero-order chi connectivity index (χ0) is 24.9. The van der Waals surface area contributed by atoms with Crippen molar-refractivity contribution in [2.24, 2.45) is 0 Å². The van der Waals surface area contributed by atoms with Crippen LogP contribution in [-0.4, -0.2) is 78.9 Å². The minimum atomic E-state index is -0.286. The smallest absolute Gasteiger partial charge is 0.254 e. The summed E-state index contributed by atoms with van der Waals surface area (Å²) in [6, 6.07) is 14.6. The molecule has 3 amide bonds. The van der Waals surface area contributed by atoms with Crippen molar-refractivity contribution in [3.8, 4) is 5.75 Å². The number of hydrogen-bond acceptors (Lipinski definition) is 5. The number of carbonyl (C=O) groups is 3. The zero-order valence-corrected chi connectivity index (χ0v) is 20.6. The predicted octanol–water partition coefficient (Wildman–Crippen LogP) is 2.24. The van der Waals surface area contributed by atoms with Crippen molar-refractivity contribution in [3.63, 3.8) is 0 Å². The fraction of sp³-hybridized carbons (Fsp3) is 0.464. The van der Waals surface area contributed by atoms with Crippen LogP contribution < -0.4 is 15.4 Å². The first-order valence-corrected chi connectivity index (χ1v) is 13.0. The molecule has 0 saturated carbocycles. The van der Waals surface area contributed by atoms with Crippen LogP contribution >= 0.6 is 0 Å². The molecule has 8 heteroatoms. The summed E-state index contributed by atoms with van der Waals surface area (Å²) in [6.07, 6.45) is 3.69. The van der Waals surface area contributed by atoms with E-state index < -0.39 is 0 Å². The Kier molecular flexibility index (Phi) is 7.51. The number of rotatable bonds is 2. The molecule has 2 N–H and O–H groups in total. The third kappa shape index (κ3) is 5.38. The lowest BCUT2D eigenvalue weighted by Gasteiger charge is -2.31. The standard InChI is InChI=1S/C28H34N4O4/c33-26-24-18-23(19-30-24)32(28(35)20-7-2-1-3-8-20)15-6-14-31(13-5-4-12-29-26)27(34)22-9-10-25-21(17-22)11-16-36-25/h1-3,7-10,17,23-24,30H,4-6,11-16,18-19H2,(H,29,33)/t23-,24-/m0/s1. The second-order valence-corrected chi connectivity index (χ2v) is 9.78. The van der Waals surface area contributed by atoms with E-state index in [4.69, 9.17) is 4.74 Å². The number of ether oxygens (including phenoxy) is 1. The lowest BCUT2D eigenvalue weighted by Crippen LogP contribution is -2.44. The number of hydrogen-bond donors (Lipinski definition) is 2. The van der Waals surface area contributed by atoms with Crippen LogP contribution in [-0.2, 0) is 11.2 Å². The number of amides is 3. The summed E-state index contributed by atoms with van der Waals surface area (Å²) in [7, 11) is 0. The highest BCUT2D eigenvalue weighted by atomic mass is 16.5. The molecule has 0 unspecified atom stereocenters. The number of carbonyl (C=O) groups excluding carboxylic acids is 3. The third-order valence-corrected chi connectivity index (χ3v) is 7.35. The van der Waals surface area contributed by atoms with Gasteiger partial charge in [0.1, 0.15) is 5.75 Å². The summed E-state index contributed by atoms with van der Waals surface area (Å²) in [5, 5.41) is 6.32. The lowest BCUT2D eigenvalue weighted by atomic mass is 10.1. The Morgan fingerprint density at radius 3 is 2.61 bits per heavy atom. The van der Waals surface area contributed by atoms with Gasteiger partial charge in [-0.05, 0) is 61.6 Å². The van der Waals surface area contributed by atoms with Gasteiger partial charge in [0.05, 0.1) is 12.6 Å². The Labute approximate surface area is 212 Å². The van der Waals surface area contributed by atoms with Crippen LogP contribution in [0.2, 0.25) is 0 Å². The number of benzene rings is 2. The summed E-state index contributed by atoms with van der Waals surface area (Å²) in [6.45, 7) is 3.52. The molecule has 8 nitrogen and oxygen atoms in total. The van der Waals surface area contributed by atoms with Crippen molar-refractivity contribution in [2.75, 3.05) is 39.3 Å². The van der Waals surface area contributed by atoms with Crippen molar-refractivity contribution < 1.29 is 19.1 Å². The van der Waals surface area contributed by atoms with Crippen LogP contribution in [0, 0.1) is 0 Å². The van der Waals surface area contributed by atoms with E-state index in [1.165, 1.54) is 0 Å². The minimum absolute atomic E-state index is 0.00404. The van der Waals surface area contributed by atoms with Crippen molar-refractivity contribution >= 4 is 17.7 Å². The van der Waals surface area contributed by atoms with Crippen LogP contribution in [0.15, 0.2) is 48.5 Å². The molecular formula is C28H34N4O4. The molecule has 2 saturated heterocycles. The van der Waals surface area contributed by atoms with Crippen molar-refractivity contribution in [3.05, 3.63) is 65.2 Å². The molecule has 0 spiro atoms. The van der Waals surface area contributed by atoms with E-state index in [1.807, 2.05) is 58.3 Å². The zero-order valence-electron chi connectivity index (χ0n) is 20.6. The van der Waals surface area contributed by atoms with Gasteiger partial charge in [0.25, 0.3) is 11.8 Å². The number of fused-ring (bicyclic) bond motifs is 3. The Morgan fingerprint density at radius 1 is 0.917 bits per heavy atom. The maximum absolute atomic E-state index is 13.5. The van der Waals surface area contributed by atoms with Gasteiger partial charge in [-0.3, -0.25) is 14.4 Å². The summed E-state index contributed by atoms with van der Waals surface area (Å²) in [5.74, 6) is 0.813. The molecular weight excluding hydrogens is 456 g/mol. The molecule has 2 bridgehead atoms. The summed E-state index contributed by atoms with van der Waals surface area (Å²) < 4.78 is 5.59. The maximum atomic E-state index is 13.5. The minimum Gasteiger partial charge on any atom is -0.493 e. The Bertz CT molecular complexity index is 1110. The Balaban J connectivity index is 1.34. The lowest BCUT2D eigenvalue weighted by molar-refractivity contribution is -0.122. The number of nitrogens with zero attached hydrogens (tertiary/aromatic N) is 2. The predicted molar refractivity (Wildman–Crippen MR) is 136 cm³/mol. The molecule has 3 aliphatic rings. The van der Waals surface area contributed by atoms with E-state index in [0.717, 1.165) is 30.6 Å². The molecule has 2 aromatic rings. The molecule has 3 aliphatic heterocycles. The average Bonchev–Trinajstić information content (AvgIpc) is 3.58. The van der Waals surface area contributed by atoms with Gasteiger partial charge in [-0.2, -0.15) is 0 Å². The van der Waals surface area contributed by atoms with Crippen molar-refractivity contribution in [1.82, 2.24) is 20.4 Å². The van der Waals surface area contributed by atoms with Crippen LogP contribution in [0.25, 0.3) is 0 Å². The highest BCUT2D eigenvalue weighted by Gasteiger charge is 2.35. The van der Waals surface area contributed by atoms with Crippen LogP contribution in [0.3, 0.4) is 0 Å². The summed E-state index contributed by atoms with van der Waals surface area (Å²) in [5.41, 5.74) is 2.39. The van der Waals surface area contributed by atoms with Gasteiger partial charge in [0.2, 0.25) is 5.91 Å². The molecule has 3 heterocycles. The second-order valence-electron chi connectivity index (χ2n) is 9.78. The normalized spacial score (nSPS) is 22.8. The van der Waals surface area contributed by atoms with Gasteiger partial charge in [0, 0.05) is 56.3 Å². The first-order chi connectivity index (χ1) is 17.6.